The van der Waals surface area contributed by atoms with Crippen molar-refractivity contribution >= 4 is 5.70 Å². The summed E-state index contributed by atoms with van der Waals surface area (Å²) in [6.45, 7) is 17.7. The lowest BCUT2D eigenvalue weighted by atomic mass is 10.0. The van der Waals surface area contributed by atoms with Crippen molar-refractivity contribution in [2.45, 2.75) is 39.7 Å². The number of hydrogen-bond acceptors (Lipinski definition) is 2. The van der Waals surface area contributed by atoms with E-state index in [1.807, 2.05) is 31.2 Å². The summed E-state index contributed by atoms with van der Waals surface area (Å²) in [7, 11) is 0. The summed E-state index contributed by atoms with van der Waals surface area (Å²) in [5.74, 6) is 0.922. The van der Waals surface area contributed by atoms with Gasteiger partial charge in [-0.3, -0.25) is 4.90 Å². The van der Waals surface area contributed by atoms with Crippen LogP contribution < -0.4 is 5.73 Å². The quantitative estimate of drug-likeness (QED) is 0.673. The third-order valence-corrected chi connectivity index (χ3v) is 4.78. The van der Waals surface area contributed by atoms with Crippen LogP contribution in [0.4, 0.5) is 0 Å². The first-order valence-electron chi connectivity index (χ1n) is 9.82. The maximum absolute atomic E-state index is 5.47. The van der Waals surface area contributed by atoms with Gasteiger partial charge in [0.25, 0.3) is 0 Å². The molecule has 1 atom stereocenters. The minimum atomic E-state index is 0.625. The van der Waals surface area contributed by atoms with Crippen molar-refractivity contribution in [3.63, 3.8) is 0 Å². The van der Waals surface area contributed by atoms with Gasteiger partial charge in [0.2, 0.25) is 0 Å². The monoisotopic (exact) mass is 364 g/mol. The van der Waals surface area contributed by atoms with Gasteiger partial charge in [-0.25, -0.2) is 0 Å². The van der Waals surface area contributed by atoms with E-state index in [0.29, 0.717) is 5.70 Å². The molecule has 2 heteroatoms. The van der Waals surface area contributed by atoms with Crippen LogP contribution in [-0.2, 0) is 6.54 Å². The molecule has 0 amide bonds. The number of aryl methyl sites for hydroxylation is 1. The minimum absolute atomic E-state index is 0.625. The maximum atomic E-state index is 5.47. The molecular formula is C25H36N2. The molecule has 1 aliphatic rings. The Morgan fingerprint density at radius 2 is 1.63 bits per heavy atom. The van der Waals surface area contributed by atoms with Crippen molar-refractivity contribution in [3.8, 4) is 0 Å². The molecule has 1 unspecified atom stereocenters. The van der Waals surface area contributed by atoms with Crippen molar-refractivity contribution in [2.24, 2.45) is 11.7 Å². The summed E-state index contributed by atoms with van der Waals surface area (Å²) >= 11 is 0. The second kappa shape index (κ2) is 12.9. The van der Waals surface area contributed by atoms with E-state index in [1.54, 1.807) is 0 Å². The van der Waals surface area contributed by atoms with Gasteiger partial charge in [0.05, 0.1) is 0 Å². The third-order valence-electron chi connectivity index (χ3n) is 4.78. The van der Waals surface area contributed by atoms with Gasteiger partial charge >= 0.3 is 0 Å². The fraction of sp³-hybridized carbons (Fsp3) is 0.360. The van der Waals surface area contributed by atoms with Gasteiger partial charge in [-0.2, -0.15) is 0 Å². The van der Waals surface area contributed by atoms with E-state index < -0.39 is 0 Å². The van der Waals surface area contributed by atoms with E-state index in [1.165, 1.54) is 43.5 Å². The molecule has 0 aromatic heterocycles. The normalized spacial score (nSPS) is 16.7. The Morgan fingerprint density at radius 1 is 1.00 bits per heavy atom. The van der Waals surface area contributed by atoms with E-state index in [2.05, 4.69) is 61.9 Å². The molecule has 0 bridgehead atoms. The second-order valence-corrected chi connectivity index (χ2v) is 7.19. The van der Waals surface area contributed by atoms with Gasteiger partial charge in [-0.1, -0.05) is 73.7 Å². The van der Waals surface area contributed by atoms with Crippen LogP contribution in [0.5, 0.6) is 0 Å². The number of likely N-dealkylation sites (tertiary alicyclic amines) is 1. The zero-order valence-corrected chi connectivity index (χ0v) is 17.2. The first kappa shape index (κ1) is 22.7. The minimum Gasteiger partial charge on any atom is -0.399 e. The molecule has 1 saturated heterocycles. The largest absolute Gasteiger partial charge is 0.399 e. The molecule has 0 aliphatic carbocycles. The number of nitrogens with zero attached hydrogens (tertiary/aromatic N) is 1. The Hall–Kier alpha value is -2.32. The average Bonchev–Trinajstić information content (AvgIpc) is 2.89. The molecule has 0 saturated carbocycles. The molecule has 1 aliphatic heterocycles. The standard InChI is InChI=1S/C14H21N.C9H11N.C2H4/c1-13-6-5-10-15(11-9-13)12-14-7-3-2-4-8-14;1-7-3-5-9(6-4-7)8(2)10;1-2/h2-4,7-8,13H,5-6,9-12H2,1H3;3-6H,2,10H2,1H3;1-2H2. The van der Waals surface area contributed by atoms with E-state index in [0.717, 1.165) is 18.0 Å². The predicted octanol–water partition coefficient (Wildman–Crippen LogP) is 6.04. The highest BCUT2D eigenvalue weighted by Crippen LogP contribution is 2.18. The van der Waals surface area contributed by atoms with Crippen molar-refractivity contribution in [1.82, 2.24) is 4.90 Å². The maximum Gasteiger partial charge on any atom is 0.0314 e. The van der Waals surface area contributed by atoms with Gasteiger partial charge in [-0.15, -0.1) is 13.2 Å². The van der Waals surface area contributed by atoms with Crippen molar-refractivity contribution in [1.29, 1.82) is 0 Å². The SMILES string of the molecule is C=C.C=C(N)c1ccc(C)cc1.CC1CCCN(Cc2ccccc2)CC1. The summed E-state index contributed by atoms with van der Waals surface area (Å²) in [5, 5.41) is 0. The van der Waals surface area contributed by atoms with Crippen LogP contribution in [0.2, 0.25) is 0 Å². The van der Waals surface area contributed by atoms with Crippen molar-refractivity contribution in [2.75, 3.05) is 13.1 Å². The zero-order chi connectivity index (χ0) is 20.1. The number of nitrogens with two attached hydrogens (primary N) is 1. The molecule has 2 aromatic carbocycles. The van der Waals surface area contributed by atoms with Crippen LogP contribution >= 0.6 is 0 Å². The first-order valence-corrected chi connectivity index (χ1v) is 9.82. The van der Waals surface area contributed by atoms with Gasteiger partial charge < -0.3 is 5.73 Å². The molecule has 27 heavy (non-hydrogen) atoms. The number of benzene rings is 2. The summed E-state index contributed by atoms with van der Waals surface area (Å²) < 4.78 is 0. The number of hydrogen-bond donors (Lipinski definition) is 1. The Morgan fingerprint density at radius 3 is 2.22 bits per heavy atom. The summed E-state index contributed by atoms with van der Waals surface area (Å²) in [4.78, 5) is 2.60. The summed E-state index contributed by atoms with van der Waals surface area (Å²) in [6, 6.07) is 18.8. The Kier molecular flexibility index (Phi) is 10.9. The van der Waals surface area contributed by atoms with Gasteiger partial charge in [-0.05, 0) is 56.3 Å². The molecule has 2 aromatic rings. The zero-order valence-electron chi connectivity index (χ0n) is 17.2. The van der Waals surface area contributed by atoms with Crippen LogP contribution in [0, 0.1) is 12.8 Å². The molecule has 2 nitrogen and oxygen atoms in total. The van der Waals surface area contributed by atoms with E-state index >= 15 is 0 Å². The Labute approximate surface area is 166 Å². The fourth-order valence-electron chi connectivity index (χ4n) is 3.09. The molecule has 0 radical (unpaired) electrons. The number of rotatable bonds is 3. The highest BCUT2D eigenvalue weighted by atomic mass is 15.1. The Balaban J connectivity index is 0.000000265. The van der Waals surface area contributed by atoms with Gasteiger partial charge in [0, 0.05) is 12.2 Å². The van der Waals surface area contributed by atoms with E-state index in [-0.39, 0.29) is 0 Å². The molecule has 1 fully saturated rings. The molecule has 146 valence electrons. The smallest absolute Gasteiger partial charge is 0.0314 e. The van der Waals surface area contributed by atoms with Crippen LogP contribution in [0.3, 0.4) is 0 Å². The summed E-state index contributed by atoms with van der Waals surface area (Å²) in [6.07, 6.45) is 4.14. The lowest BCUT2D eigenvalue weighted by molar-refractivity contribution is 0.273. The van der Waals surface area contributed by atoms with Crippen LogP contribution in [0.15, 0.2) is 74.3 Å². The van der Waals surface area contributed by atoms with Crippen LogP contribution in [0.1, 0.15) is 42.9 Å². The molecule has 0 spiro atoms. The predicted molar refractivity (Wildman–Crippen MR) is 120 cm³/mol. The second-order valence-electron chi connectivity index (χ2n) is 7.19. The van der Waals surface area contributed by atoms with Gasteiger partial charge in [0.1, 0.15) is 0 Å². The third kappa shape index (κ3) is 9.25. The van der Waals surface area contributed by atoms with Crippen molar-refractivity contribution < 1.29 is 0 Å². The first-order chi connectivity index (χ1) is 13.0. The molecule has 3 rings (SSSR count). The van der Waals surface area contributed by atoms with Crippen LogP contribution in [0.25, 0.3) is 5.70 Å². The van der Waals surface area contributed by atoms with E-state index in [9.17, 15) is 0 Å². The van der Waals surface area contributed by atoms with Crippen LogP contribution in [-0.4, -0.2) is 18.0 Å². The highest BCUT2D eigenvalue weighted by Gasteiger charge is 2.13. The molecule has 1 heterocycles. The van der Waals surface area contributed by atoms with Gasteiger partial charge in [0.15, 0.2) is 0 Å². The average molecular weight is 365 g/mol. The lowest BCUT2D eigenvalue weighted by Gasteiger charge is -2.19. The van der Waals surface area contributed by atoms with Crippen molar-refractivity contribution in [3.05, 3.63) is 91.0 Å². The molecular weight excluding hydrogens is 328 g/mol. The van der Waals surface area contributed by atoms with E-state index in [4.69, 9.17) is 5.73 Å². The lowest BCUT2D eigenvalue weighted by Crippen LogP contribution is -2.24. The summed E-state index contributed by atoms with van der Waals surface area (Å²) in [5.41, 5.74) is 9.79. The topological polar surface area (TPSA) is 29.3 Å². The highest BCUT2D eigenvalue weighted by molar-refractivity contribution is 5.60. The fourth-order valence-corrected chi connectivity index (χ4v) is 3.09. The Bertz CT molecular complexity index is 646. The molecule has 2 N–H and O–H groups in total.